The van der Waals surface area contributed by atoms with Crippen molar-refractivity contribution in [3.63, 3.8) is 0 Å². The largest absolute Gasteiger partial charge is 0.366 e. The minimum Gasteiger partial charge on any atom is -0.366 e. The maximum Gasteiger partial charge on any atom is 0.261 e. The fraction of sp³-hybridized carbons (Fsp3) is 0.500. The Labute approximate surface area is 146 Å². The van der Waals surface area contributed by atoms with Crippen LogP contribution >= 0.6 is 0 Å². The third kappa shape index (κ3) is 3.33. The lowest BCUT2D eigenvalue weighted by atomic mass is 10.1. The number of hydrogen-bond acceptors (Lipinski definition) is 4. The van der Waals surface area contributed by atoms with Crippen LogP contribution in [0.5, 0.6) is 0 Å². The monoisotopic (exact) mass is 338 g/mol. The van der Waals surface area contributed by atoms with Crippen molar-refractivity contribution < 1.29 is 10.2 Å². The molecule has 1 fully saturated rings. The maximum absolute atomic E-state index is 12.7. The summed E-state index contributed by atoms with van der Waals surface area (Å²) in [6, 6.07) is 5.53. The highest BCUT2D eigenvalue weighted by molar-refractivity contribution is 5.79. The zero-order valence-corrected chi connectivity index (χ0v) is 14.2. The predicted molar refractivity (Wildman–Crippen MR) is 94.9 cm³/mol. The molecule has 0 radical (unpaired) electrons. The predicted octanol–water partition coefficient (Wildman–Crippen LogP) is 1.96. The second kappa shape index (κ2) is 6.29. The van der Waals surface area contributed by atoms with Crippen molar-refractivity contribution in [3.8, 4) is 11.8 Å². The summed E-state index contributed by atoms with van der Waals surface area (Å²) in [5, 5.41) is 20.3. The van der Waals surface area contributed by atoms with Crippen LogP contribution in [0.3, 0.4) is 0 Å². The smallest absolute Gasteiger partial charge is 0.261 e. The Morgan fingerprint density at radius 3 is 2.80 bits per heavy atom. The van der Waals surface area contributed by atoms with Crippen molar-refractivity contribution in [2.75, 3.05) is 0 Å². The molecule has 1 saturated carbocycles. The van der Waals surface area contributed by atoms with Gasteiger partial charge in [0.05, 0.1) is 10.9 Å². The van der Waals surface area contributed by atoms with Crippen LogP contribution < -0.4 is 5.56 Å². The second-order valence-electron chi connectivity index (χ2n) is 7.20. The molecule has 2 N–H and O–H groups in total. The van der Waals surface area contributed by atoms with Crippen LogP contribution in [0.25, 0.3) is 10.9 Å². The fourth-order valence-corrected chi connectivity index (χ4v) is 3.75. The van der Waals surface area contributed by atoms with Gasteiger partial charge in [-0.25, -0.2) is 4.98 Å². The van der Waals surface area contributed by atoms with E-state index < -0.39 is 5.79 Å². The van der Waals surface area contributed by atoms with Crippen molar-refractivity contribution in [3.05, 3.63) is 39.9 Å². The molecule has 130 valence electrons. The average molecular weight is 338 g/mol. The Balaban J connectivity index is 1.73. The van der Waals surface area contributed by atoms with Gasteiger partial charge in [-0.3, -0.25) is 9.36 Å². The summed E-state index contributed by atoms with van der Waals surface area (Å²) < 4.78 is 1.57. The molecule has 0 amide bonds. The lowest BCUT2D eigenvalue weighted by Crippen LogP contribution is -2.29. The quantitative estimate of drug-likeness (QED) is 0.569. The number of benzene rings is 1. The first kappa shape index (κ1) is 16.3. The van der Waals surface area contributed by atoms with Gasteiger partial charge in [0, 0.05) is 37.3 Å². The van der Waals surface area contributed by atoms with Crippen LogP contribution in [0.1, 0.15) is 49.9 Å². The standard InChI is InChI=1S/C20H22N2O3/c23-19-16-8-7-15(6-5-14-3-1-2-4-14)13-17(16)21-18-9-10-20(24,25)11-12-22(18)19/h7-8,13-14,24-25H,1-4,9-12H2. The molecule has 1 aromatic heterocycles. The number of aryl methyl sites for hydroxylation is 1. The van der Waals surface area contributed by atoms with E-state index in [1.165, 1.54) is 25.7 Å². The highest BCUT2D eigenvalue weighted by Gasteiger charge is 2.28. The number of nitrogens with zero attached hydrogens (tertiary/aromatic N) is 2. The Hall–Kier alpha value is -2.16. The molecule has 5 nitrogen and oxygen atoms in total. The number of rotatable bonds is 0. The van der Waals surface area contributed by atoms with Gasteiger partial charge in [-0.2, -0.15) is 0 Å². The van der Waals surface area contributed by atoms with Gasteiger partial charge in [-0.1, -0.05) is 24.7 Å². The Morgan fingerprint density at radius 2 is 2.00 bits per heavy atom. The van der Waals surface area contributed by atoms with Crippen molar-refractivity contribution in [2.24, 2.45) is 5.92 Å². The molecule has 2 heterocycles. The van der Waals surface area contributed by atoms with Crippen molar-refractivity contribution in [1.29, 1.82) is 0 Å². The Kier molecular flexibility index (Phi) is 4.10. The molecule has 25 heavy (non-hydrogen) atoms. The highest BCUT2D eigenvalue weighted by Crippen LogP contribution is 2.24. The van der Waals surface area contributed by atoms with Crippen LogP contribution in [-0.4, -0.2) is 25.6 Å². The van der Waals surface area contributed by atoms with Gasteiger partial charge < -0.3 is 10.2 Å². The fourth-order valence-electron chi connectivity index (χ4n) is 3.75. The van der Waals surface area contributed by atoms with E-state index >= 15 is 0 Å². The third-order valence-corrected chi connectivity index (χ3v) is 5.29. The number of fused-ring (bicyclic) bond motifs is 2. The number of hydrogen-bond donors (Lipinski definition) is 2. The maximum atomic E-state index is 12.7. The second-order valence-corrected chi connectivity index (χ2v) is 7.20. The molecule has 4 rings (SSSR count). The van der Waals surface area contributed by atoms with Crippen LogP contribution in [0, 0.1) is 17.8 Å². The van der Waals surface area contributed by atoms with E-state index in [2.05, 4.69) is 16.8 Å². The molecule has 0 saturated heterocycles. The summed E-state index contributed by atoms with van der Waals surface area (Å²) in [4.78, 5) is 17.4. The highest BCUT2D eigenvalue weighted by atomic mass is 16.5. The number of aromatic nitrogens is 2. The number of aliphatic hydroxyl groups is 2. The van der Waals surface area contributed by atoms with E-state index in [-0.39, 0.29) is 24.9 Å². The summed E-state index contributed by atoms with van der Waals surface area (Å²) in [5.74, 6) is 5.93. The van der Waals surface area contributed by atoms with Gasteiger partial charge in [0.25, 0.3) is 5.56 Å². The summed E-state index contributed by atoms with van der Waals surface area (Å²) >= 11 is 0. The molecule has 1 aliphatic carbocycles. The van der Waals surface area contributed by atoms with E-state index in [1.807, 2.05) is 12.1 Å². The van der Waals surface area contributed by atoms with Gasteiger partial charge >= 0.3 is 0 Å². The van der Waals surface area contributed by atoms with Crippen LogP contribution in [0.15, 0.2) is 23.0 Å². The Bertz CT molecular complexity index is 928. The SMILES string of the molecule is O=c1c2ccc(C#CC3CCCC3)cc2nc2n1CCC(O)(O)CC2. The molecule has 0 bridgehead atoms. The molecular formula is C20H22N2O3. The van der Waals surface area contributed by atoms with E-state index in [1.54, 1.807) is 10.6 Å². The molecule has 2 aromatic rings. The summed E-state index contributed by atoms with van der Waals surface area (Å²) in [5.41, 5.74) is 1.40. The zero-order chi connectivity index (χ0) is 17.4. The molecular weight excluding hydrogens is 316 g/mol. The summed E-state index contributed by atoms with van der Waals surface area (Å²) in [7, 11) is 0. The molecule has 0 atom stereocenters. The first-order valence-corrected chi connectivity index (χ1v) is 9.02. The van der Waals surface area contributed by atoms with Crippen LogP contribution in [0.4, 0.5) is 0 Å². The van der Waals surface area contributed by atoms with E-state index in [0.717, 1.165) is 5.56 Å². The summed E-state index contributed by atoms with van der Waals surface area (Å²) in [6.07, 6.45) is 5.58. The van der Waals surface area contributed by atoms with Gasteiger partial charge in [-0.05, 0) is 31.0 Å². The van der Waals surface area contributed by atoms with Crippen LogP contribution in [-0.2, 0) is 13.0 Å². The molecule has 0 unspecified atom stereocenters. The van der Waals surface area contributed by atoms with Gasteiger partial charge in [-0.15, -0.1) is 0 Å². The molecule has 1 aromatic carbocycles. The first-order valence-electron chi connectivity index (χ1n) is 9.02. The average Bonchev–Trinajstić information content (AvgIpc) is 3.05. The molecule has 5 heteroatoms. The topological polar surface area (TPSA) is 75.4 Å². The van der Waals surface area contributed by atoms with Crippen LogP contribution in [0.2, 0.25) is 0 Å². The molecule has 0 spiro atoms. The summed E-state index contributed by atoms with van der Waals surface area (Å²) in [6.45, 7) is 0.271. The van der Waals surface area contributed by atoms with Crippen molar-refractivity contribution >= 4 is 10.9 Å². The van der Waals surface area contributed by atoms with Gasteiger partial charge in [0.15, 0.2) is 5.79 Å². The zero-order valence-electron chi connectivity index (χ0n) is 14.2. The van der Waals surface area contributed by atoms with E-state index in [4.69, 9.17) is 0 Å². The normalized spacial score (nSPS) is 19.9. The lowest BCUT2D eigenvalue weighted by molar-refractivity contribution is -0.169. The minimum atomic E-state index is -1.73. The first-order chi connectivity index (χ1) is 12.0. The minimum absolute atomic E-state index is 0.118. The van der Waals surface area contributed by atoms with Crippen molar-refractivity contribution in [2.45, 2.75) is 57.3 Å². The van der Waals surface area contributed by atoms with E-state index in [0.29, 0.717) is 29.1 Å². The lowest BCUT2D eigenvalue weighted by Gasteiger charge is -2.17. The van der Waals surface area contributed by atoms with Gasteiger partial charge in [0.1, 0.15) is 5.82 Å². The molecule has 1 aliphatic heterocycles. The van der Waals surface area contributed by atoms with E-state index in [9.17, 15) is 15.0 Å². The molecule has 2 aliphatic rings. The van der Waals surface area contributed by atoms with Crippen molar-refractivity contribution in [1.82, 2.24) is 9.55 Å². The Morgan fingerprint density at radius 1 is 1.20 bits per heavy atom. The third-order valence-electron chi connectivity index (χ3n) is 5.29. The van der Waals surface area contributed by atoms with Gasteiger partial charge in [0.2, 0.25) is 0 Å².